The van der Waals surface area contributed by atoms with Gasteiger partial charge in [-0.2, -0.15) is 0 Å². The van der Waals surface area contributed by atoms with Gasteiger partial charge in [-0.15, -0.1) is 11.3 Å². The van der Waals surface area contributed by atoms with Gasteiger partial charge < -0.3 is 18.9 Å². The van der Waals surface area contributed by atoms with E-state index in [2.05, 4.69) is 9.72 Å². The zero-order valence-electron chi connectivity index (χ0n) is 16.1. The number of benzene rings is 2. The van der Waals surface area contributed by atoms with E-state index in [9.17, 15) is 9.59 Å². The van der Waals surface area contributed by atoms with Crippen LogP contribution in [0.5, 0.6) is 11.5 Å². The highest BCUT2D eigenvalue weighted by atomic mass is 32.1. The molecule has 1 aromatic heterocycles. The highest BCUT2D eigenvalue weighted by molar-refractivity contribution is 7.13. The van der Waals surface area contributed by atoms with Crippen LogP contribution in [0.15, 0.2) is 47.8 Å². The molecule has 0 spiro atoms. The Labute approximate surface area is 171 Å². The molecule has 8 heteroatoms. The molecule has 7 nitrogen and oxygen atoms in total. The lowest BCUT2D eigenvalue weighted by molar-refractivity contribution is 0.0467. The molecule has 0 N–H and O–H groups in total. The monoisotopic (exact) mass is 413 g/mol. The van der Waals surface area contributed by atoms with Crippen molar-refractivity contribution in [1.29, 1.82) is 0 Å². The van der Waals surface area contributed by atoms with Gasteiger partial charge in [-0.25, -0.2) is 14.6 Å². The minimum absolute atomic E-state index is 0.0281. The molecule has 0 unspecified atom stereocenters. The Morgan fingerprint density at radius 1 is 0.931 bits per heavy atom. The van der Waals surface area contributed by atoms with Gasteiger partial charge >= 0.3 is 11.9 Å². The van der Waals surface area contributed by atoms with Crippen LogP contribution in [-0.2, 0) is 16.1 Å². The molecule has 0 aliphatic heterocycles. The normalized spacial score (nSPS) is 10.3. The molecule has 0 saturated heterocycles. The minimum Gasteiger partial charge on any atom is -0.493 e. The average molecular weight is 413 g/mol. The Morgan fingerprint density at radius 2 is 1.62 bits per heavy atom. The molecular weight excluding hydrogens is 394 g/mol. The van der Waals surface area contributed by atoms with E-state index < -0.39 is 11.9 Å². The molecule has 3 aromatic rings. The standard InChI is InChI=1S/C21H19NO6S/c1-25-17-6-4-5-16(18(17)26-2)19-22-15(12-29-19)11-28-21(24)14-9-7-13(8-10-14)20(23)27-3/h4-10,12H,11H2,1-3H3. The second kappa shape index (κ2) is 9.20. The van der Waals surface area contributed by atoms with Gasteiger partial charge in [0.1, 0.15) is 11.6 Å². The summed E-state index contributed by atoms with van der Waals surface area (Å²) in [5.74, 6) is 0.241. The lowest BCUT2D eigenvalue weighted by Gasteiger charge is -2.10. The fourth-order valence-electron chi connectivity index (χ4n) is 2.64. The Morgan fingerprint density at radius 3 is 2.24 bits per heavy atom. The molecular formula is C21H19NO6S. The van der Waals surface area contributed by atoms with Gasteiger partial charge in [0.25, 0.3) is 0 Å². The number of methoxy groups -OCH3 is 3. The maximum atomic E-state index is 12.2. The summed E-state index contributed by atoms with van der Waals surface area (Å²) < 4.78 is 20.7. The van der Waals surface area contributed by atoms with Gasteiger partial charge in [0.2, 0.25) is 0 Å². The summed E-state index contributed by atoms with van der Waals surface area (Å²) in [5, 5.41) is 2.55. The van der Waals surface area contributed by atoms with Crippen LogP contribution in [0.25, 0.3) is 10.6 Å². The molecule has 29 heavy (non-hydrogen) atoms. The number of para-hydroxylation sites is 1. The highest BCUT2D eigenvalue weighted by Gasteiger charge is 2.16. The molecule has 3 rings (SSSR count). The smallest absolute Gasteiger partial charge is 0.338 e. The Bertz CT molecular complexity index is 1010. The van der Waals surface area contributed by atoms with E-state index in [4.69, 9.17) is 14.2 Å². The van der Waals surface area contributed by atoms with Crippen LogP contribution in [0.3, 0.4) is 0 Å². The lowest BCUT2D eigenvalue weighted by Crippen LogP contribution is -2.07. The van der Waals surface area contributed by atoms with Crippen molar-refractivity contribution in [3.8, 4) is 22.1 Å². The third-order valence-electron chi connectivity index (χ3n) is 4.08. The van der Waals surface area contributed by atoms with E-state index in [0.29, 0.717) is 28.3 Å². The van der Waals surface area contributed by atoms with Gasteiger partial charge in [0.15, 0.2) is 11.5 Å². The van der Waals surface area contributed by atoms with Crippen molar-refractivity contribution in [3.05, 3.63) is 64.7 Å². The SMILES string of the molecule is COC(=O)c1ccc(C(=O)OCc2csc(-c3cccc(OC)c3OC)n2)cc1. The minimum atomic E-state index is -0.505. The first-order valence-electron chi connectivity index (χ1n) is 8.58. The second-order valence-corrected chi connectivity index (χ2v) is 6.69. The van der Waals surface area contributed by atoms with E-state index in [-0.39, 0.29) is 6.61 Å². The topological polar surface area (TPSA) is 84.0 Å². The van der Waals surface area contributed by atoms with E-state index >= 15 is 0 Å². The van der Waals surface area contributed by atoms with Crippen molar-refractivity contribution in [2.75, 3.05) is 21.3 Å². The maximum Gasteiger partial charge on any atom is 0.338 e. The Balaban J connectivity index is 1.68. The largest absolute Gasteiger partial charge is 0.493 e. The predicted octanol–water partition coefficient (Wildman–Crippen LogP) is 3.97. The highest BCUT2D eigenvalue weighted by Crippen LogP contribution is 2.39. The average Bonchev–Trinajstić information content (AvgIpc) is 3.25. The first-order valence-corrected chi connectivity index (χ1v) is 9.46. The summed E-state index contributed by atoms with van der Waals surface area (Å²) in [4.78, 5) is 28.2. The number of thiazole rings is 1. The molecule has 1 heterocycles. The van der Waals surface area contributed by atoms with Crippen molar-refractivity contribution >= 4 is 23.3 Å². The number of nitrogens with zero attached hydrogens (tertiary/aromatic N) is 1. The molecule has 0 radical (unpaired) electrons. The summed E-state index contributed by atoms with van der Waals surface area (Å²) in [6, 6.07) is 11.6. The summed E-state index contributed by atoms with van der Waals surface area (Å²) in [5.41, 5.74) is 2.12. The van der Waals surface area contributed by atoms with Crippen molar-refractivity contribution in [2.45, 2.75) is 6.61 Å². The predicted molar refractivity (Wildman–Crippen MR) is 108 cm³/mol. The number of rotatable bonds is 7. The summed E-state index contributed by atoms with van der Waals surface area (Å²) >= 11 is 1.42. The number of ether oxygens (including phenoxy) is 4. The van der Waals surface area contributed by atoms with E-state index in [0.717, 1.165) is 10.6 Å². The number of aromatic nitrogens is 1. The third-order valence-corrected chi connectivity index (χ3v) is 5.00. The van der Waals surface area contributed by atoms with Crippen molar-refractivity contribution in [1.82, 2.24) is 4.98 Å². The molecule has 0 amide bonds. The molecule has 0 atom stereocenters. The van der Waals surface area contributed by atoms with Crippen LogP contribution in [0.2, 0.25) is 0 Å². The first kappa shape index (κ1) is 20.3. The van der Waals surface area contributed by atoms with E-state index in [1.165, 1.54) is 42.7 Å². The summed E-state index contributed by atoms with van der Waals surface area (Å²) in [6.45, 7) is 0.0281. The molecule has 0 aliphatic rings. The number of esters is 2. The Hall–Kier alpha value is -3.39. The number of carbonyl (C=O) groups excluding carboxylic acids is 2. The van der Waals surface area contributed by atoms with Gasteiger partial charge in [0.05, 0.1) is 43.7 Å². The second-order valence-electron chi connectivity index (χ2n) is 5.83. The zero-order valence-corrected chi connectivity index (χ0v) is 16.9. The van der Waals surface area contributed by atoms with Gasteiger partial charge in [-0.3, -0.25) is 0 Å². The van der Waals surface area contributed by atoms with Crippen LogP contribution in [-0.4, -0.2) is 38.3 Å². The maximum absolute atomic E-state index is 12.2. The van der Waals surface area contributed by atoms with E-state index in [1.807, 2.05) is 23.6 Å². The molecule has 0 aliphatic carbocycles. The van der Waals surface area contributed by atoms with Crippen LogP contribution < -0.4 is 9.47 Å². The van der Waals surface area contributed by atoms with Crippen LogP contribution in [0.1, 0.15) is 26.4 Å². The number of hydrogen-bond donors (Lipinski definition) is 0. The van der Waals surface area contributed by atoms with Crippen molar-refractivity contribution in [2.24, 2.45) is 0 Å². The lowest BCUT2D eigenvalue weighted by atomic mass is 10.1. The quantitative estimate of drug-likeness (QED) is 0.542. The molecule has 0 bridgehead atoms. The Kier molecular flexibility index (Phi) is 6.46. The van der Waals surface area contributed by atoms with Gasteiger partial charge in [0, 0.05) is 5.38 Å². The number of hydrogen-bond acceptors (Lipinski definition) is 8. The van der Waals surface area contributed by atoms with Crippen molar-refractivity contribution in [3.63, 3.8) is 0 Å². The molecule has 0 fully saturated rings. The molecule has 0 saturated carbocycles. The molecule has 2 aromatic carbocycles. The summed E-state index contributed by atoms with van der Waals surface area (Å²) in [6.07, 6.45) is 0. The number of carbonyl (C=O) groups is 2. The van der Waals surface area contributed by atoms with Crippen molar-refractivity contribution < 1.29 is 28.5 Å². The van der Waals surface area contributed by atoms with Gasteiger partial charge in [-0.1, -0.05) is 6.07 Å². The van der Waals surface area contributed by atoms with Crippen LogP contribution in [0, 0.1) is 0 Å². The van der Waals surface area contributed by atoms with E-state index in [1.54, 1.807) is 14.2 Å². The first-order chi connectivity index (χ1) is 14.1. The van der Waals surface area contributed by atoms with Crippen LogP contribution in [0.4, 0.5) is 0 Å². The summed E-state index contributed by atoms with van der Waals surface area (Å²) in [7, 11) is 4.45. The fourth-order valence-corrected chi connectivity index (χ4v) is 3.46. The van der Waals surface area contributed by atoms with Crippen LogP contribution >= 0.6 is 11.3 Å². The van der Waals surface area contributed by atoms with Gasteiger partial charge in [-0.05, 0) is 36.4 Å². The zero-order chi connectivity index (χ0) is 20.8. The fraction of sp³-hybridized carbons (Fsp3) is 0.190. The third kappa shape index (κ3) is 4.55. The molecule has 150 valence electrons.